The second kappa shape index (κ2) is 5.23. The topological polar surface area (TPSA) is 35.2 Å². The molecule has 2 aromatic rings. The van der Waals surface area contributed by atoms with E-state index in [0.29, 0.717) is 16.5 Å². The number of nitrogen functional groups attached to an aromatic ring is 1. The maximum atomic E-state index is 13.4. The van der Waals surface area contributed by atoms with Crippen LogP contribution in [0.15, 0.2) is 36.4 Å². The fraction of sp³-hybridized carbons (Fsp3) is 0.0769. The first-order chi connectivity index (χ1) is 8.58. The van der Waals surface area contributed by atoms with E-state index in [1.165, 1.54) is 24.3 Å². The van der Waals surface area contributed by atoms with Crippen LogP contribution in [0.1, 0.15) is 5.56 Å². The zero-order chi connectivity index (χ0) is 13.1. The molecule has 0 aliphatic carbocycles. The van der Waals surface area contributed by atoms with E-state index < -0.39 is 11.6 Å². The highest BCUT2D eigenvalue weighted by Gasteiger charge is 2.10. The normalized spacial score (nSPS) is 10.4. The second-order valence-corrected chi connectivity index (χ2v) is 4.09. The lowest BCUT2D eigenvalue weighted by molar-refractivity contribution is 0.293. The van der Waals surface area contributed by atoms with Crippen LogP contribution in [0.4, 0.5) is 14.5 Å². The number of rotatable bonds is 3. The van der Waals surface area contributed by atoms with E-state index in [1.54, 1.807) is 12.1 Å². The lowest BCUT2D eigenvalue weighted by Crippen LogP contribution is -2.02. The van der Waals surface area contributed by atoms with Crippen LogP contribution in [0.25, 0.3) is 0 Å². The van der Waals surface area contributed by atoms with Crippen molar-refractivity contribution >= 4 is 17.3 Å². The molecule has 0 radical (unpaired) electrons. The molecular weight excluding hydrogens is 260 g/mol. The summed E-state index contributed by atoms with van der Waals surface area (Å²) in [6, 6.07) is 8.30. The van der Waals surface area contributed by atoms with Crippen molar-refractivity contribution in [1.82, 2.24) is 0 Å². The van der Waals surface area contributed by atoms with E-state index in [2.05, 4.69) is 0 Å². The molecule has 0 heterocycles. The minimum Gasteiger partial charge on any atom is -0.487 e. The van der Waals surface area contributed by atoms with Crippen LogP contribution in [0, 0.1) is 11.6 Å². The van der Waals surface area contributed by atoms with Crippen molar-refractivity contribution in [3.8, 4) is 5.75 Å². The van der Waals surface area contributed by atoms with Gasteiger partial charge >= 0.3 is 0 Å². The van der Waals surface area contributed by atoms with Gasteiger partial charge in [-0.3, -0.25) is 0 Å². The van der Waals surface area contributed by atoms with Crippen molar-refractivity contribution in [2.45, 2.75) is 6.61 Å². The van der Waals surface area contributed by atoms with Gasteiger partial charge in [0.05, 0.1) is 10.6 Å². The van der Waals surface area contributed by atoms with Gasteiger partial charge in [0.1, 0.15) is 24.0 Å². The molecule has 2 N–H and O–H groups in total. The van der Waals surface area contributed by atoms with Gasteiger partial charge in [0.2, 0.25) is 0 Å². The van der Waals surface area contributed by atoms with Crippen molar-refractivity contribution in [3.05, 3.63) is 58.6 Å². The summed E-state index contributed by atoms with van der Waals surface area (Å²) in [6.45, 7) is -0.248. The van der Waals surface area contributed by atoms with Gasteiger partial charge < -0.3 is 10.5 Å². The fourth-order valence-corrected chi connectivity index (χ4v) is 1.62. The second-order valence-electron chi connectivity index (χ2n) is 3.68. The van der Waals surface area contributed by atoms with Gasteiger partial charge in [0.25, 0.3) is 0 Å². The third-order valence-corrected chi connectivity index (χ3v) is 2.70. The van der Waals surface area contributed by atoms with Crippen LogP contribution in [0.5, 0.6) is 5.75 Å². The number of hydrogen-bond acceptors (Lipinski definition) is 2. The number of halogens is 3. The molecular formula is C13H10ClF2NO. The van der Waals surface area contributed by atoms with Crippen LogP contribution in [0.3, 0.4) is 0 Å². The number of anilines is 1. The monoisotopic (exact) mass is 269 g/mol. The molecule has 2 nitrogen and oxygen atoms in total. The Morgan fingerprint density at radius 2 is 1.78 bits per heavy atom. The molecule has 0 spiro atoms. The number of hydrogen-bond donors (Lipinski definition) is 1. The molecule has 0 aliphatic rings. The highest BCUT2D eigenvalue weighted by atomic mass is 35.5. The molecule has 0 aliphatic heterocycles. The minimum absolute atomic E-state index is 0.143. The Morgan fingerprint density at radius 1 is 1.11 bits per heavy atom. The Hall–Kier alpha value is -1.81. The van der Waals surface area contributed by atoms with Crippen molar-refractivity contribution < 1.29 is 13.5 Å². The van der Waals surface area contributed by atoms with E-state index in [9.17, 15) is 8.78 Å². The van der Waals surface area contributed by atoms with Gasteiger partial charge in [-0.25, -0.2) is 8.78 Å². The predicted molar refractivity (Wildman–Crippen MR) is 66.6 cm³/mol. The van der Waals surface area contributed by atoms with E-state index in [-0.39, 0.29) is 12.2 Å². The van der Waals surface area contributed by atoms with Gasteiger partial charge in [0, 0.05) is 11.8 Å². The quantitative estimate of drug-likeness (QED) is 0.861. The first-order valence-electron chi connectivity index (χ1n) is 5.18. The van der Waals surface area contributed by atoms with Crippen molar-refractivity contribution in [2.24, 2.45) is 0 Å². The van der Waals surface area contributed by atoms with E-state index in [0.717, 1.165) is 0 Å². The summed E-state index contributed by atoms with van der Waals surface area (Å²) in [5, 5.41) is 0.334. The van der Waals surface area contributed by atoms with Crippen LogP contribution in [-0.2, 0) is 6.61 Å². The Bertz CT molecular complexity index is 555. The summed E-state index contributed by atoms with van der Waals surface area (Å²) in [7, 11) is 0. The molecule has 0 bridgehead atoms. The molecule has 0 fully saturated rings. The summed E-state index contributed by atoms with van der Waals surface area (Å²) in [4.78, 5) is 0. The Morgan fingerprint density at radius 3 is 2.44 bits per heavy atom. The van der Waals surface area contributed by atoms with Crippen LogP contribution in [-0.4, -0.2) is 0 Å². The fourth-order valence-electron chi connectivity index (χ4n) is 1.45. The Kier molecular flexibility index (Phi) is 3.67. The molecule has 0 amide bonds. The third-order valence-electron chi connectivity index (χ3n) is 2.39. The summed E-state index contributed by atoms with van der Waals surface area (Å²) in [5.74, 6) is -1.02. The van der Waals surface area contributed by atoms with E-state index in [4.69, 9.17) is 22.1 Å². The van der Waals surface area contributed by atoms with Crippen molar-refractivity contribution in [2.75, 3.05) is 5.73 Å². The van der Waals surface area contributed by atoms with Gasteiger partial charge in [-0.1, -0.05) is 17.7 Å². The molecule has 0 saturated heterocycles. The minimum atomic E-state index is -0.657. The third kappa shape index (κ3) is 2.71. The maximum Gasteiger partial charge on any atom is 0.140 e. The predicted octanol–water partition coefficient (Wildman–Crippen LogP) is 3.78. The molecule has 0 aromatic heterocycles. The summed E-state index contributed by atoms with van der Waals surface area (Å²) < 4.78 is 32.0. The summed E-state index contributed by atoms with van der Waals surface area (Å²) in [6.07, 6.45) is 0. The average Bonchev–Trinajstić information content (AvgIpc) is 2.33. The largest absolute Gasteiger partial charge is 0.487 e. The van der Waals surface area contributed by atoms with E-state index >= 15 is 0 Å². The lowest BCUT2D eigenvalue weighted by Gasteiger charge is -2.10. The Labute approximate surface area is 108 Å². The smallest absolute Gasteiger partial charge is 0.140 e. The van der Waals surface area contributed by atoms with Crippen LogP contribution >= 0.6 is 11.6 Å². The summed E-state index contributed by atoms with van der Waals surface area (Å²) >= 11 is 5.87. The van der Waals surface area contributed by atoms with Gasteiger partial charge in [0.15, 0.2) is 0 Å². The number of nitrogens with two attached hydrogens (primary N) is 1. The average molecular weight is 270 g/mol. The van der Waals surface area contributed by atoms with Crippen molar-refractivity contribution in [3.63, 3.8) is 0 Å². The molecule has 0 saturated carbocycles. The zero-order valence-corrected chi connectivity index (χ0v) is 10.0. The highest BCUT2D eigenvalue weighted by Crippen LogP contribution is 2.27. The van der Waals surface area contributed by atoms with Gasteiger partial charge in [-0.2, -0.15) is 0 Å². The Balaban J connectivity index is 2.19. The molecule has 0 unspecified atom stereocenters. The van der Waals surface area contributed by atoms with E-state index in [1.807, 2.05) is 0 Å². The molecule has 2 aromatic carbocycles. The molecule has 18 heavy (non-hydrogen) atoms. The first-order valence-corrected chi connectivity index (χ1v) is 5.56. The standard InChI is InChI=1S/C13H10ClF2NO/c14-10-5-4-8(17)6-13(10)18-7-9-11(15)2-1-3-12(9)16/h1-6H,7,17H2. The van der Waals surface area contributed by atoms with Gasteiger partial charge in [-0.05, 0) is 24.3 Å². The van der Waals surface area contributed by atoms with Crippen LogP contribution < -0.4 is 10.5 Å². The van der Waals surface area contributed by atoms with Crippen LogP contribution in [0.2, 0.25) is 5.02 Å². The molecule has 94 valence electrons. The summed E-state index contributed by atoms with van der Waals surface area (Å²) in [5.41, 5.74) is 5.89. The molecule has 5 heteroatoms. The zero-order valence-electron chi connectivity index (χ0n) is 9.29. The van der Waals surface area contributed by atoms with Gasteiger partial charge in [-0.15, -0.1) is 0 Å². The number of ether oxygens (including phenoxy) is 1. The maximum absolute atomic E-state index is 13.4. The first kappa shape index (κ1) is 12.6. The van der Waals surface area contributed by atoms with Crippen molar-refractivity contribution in [1.29, 1.82) is 0 Å². The molecule has 2 rings (SSSR count). The lowest BCUT2D eigenvalue weighted by atomic mass is 10.2. The highest BCUT2D eigenvalue weighted by molar-refractivity contribution is 6.32. The number of benzene rings is 2. The SMILES string of the molecule is Nc1ccc(Cl)c(OCc2c(F)cccc2F)c1. The molecule has 0 atom stereocenters.